The Balaban J connectivity index is 1.28. The van der Waals surface area contributed by atoms with Gasteiger partial charge in [0.2, 0.25) is 0 Å². The number of aromatic nitrogens is 2. The van der Waals surface area contributed by atoms with E-state index in [2.05, 4.69) is 15.5 Å². The first-order valence-electron chi connectivity index (χ1n) is 11.7. The van der Waals surface area contributed by atoms with Gasteiger partial charge >= 0.3 is 13.9 Å². The van der Waals surface area contributed by atoms with Gasteiger partial charge in [-0.1, -0.05) is 23.4 Å². The predicted octanol–water partition coefficient (Wildman–Crippen LogP) is 2.69. The monoisotopic (exact) mass is 564 g/mol. The van der Waals surface area contributed by atoms with Crippen LogP contribution >= 0.6 is 7.82 Å². The lowest BCUT2D eigenvalue weighted by Gasteiger charge is -2.36. The summed E-state index contributed by atoms with van der Waals surface area (Å²) in [6.07, 6.45) is 1.93. The highest BCUT2D eigenvalue weighted by molar-refractivity contribution is 7.91. The Hall–Kier alpha value is -3.29. The van der Waals surface area contributed by atoms with Crippen molar-refractivity contribution in [3.63, 3.8) is 0 Å². The number of benzene rings is 1. The summed E-state index contributed by atoms with van der Waals surface area (Å²) in [5.74, 6) is 0.0401. The van der Waals surface area contributed by atoms with Gasteiger partial charge in [-0.2, -0.15) is 0 Å². The van der Waals surface area contributed by atoms with Crippen molar-refractivity contribution in [2.45, 2.75) is 24.5 Å². The molecular weight excluding hydrogens is 539 g/mol. The third kappa shape index (κ3) is 5.89. The van der Waals surface area contributed by atoms with Gasteiger partial charge in [0.25, 0.3) is 0 Å². The molecule has 0 unspecified atom stereocenters. The topological polar surface area (TPSA) is 181 Å². The van der Waals surface area contributed by atoms with Gasteiger partial charge < -0.3 is 24.4 Å². The number of rotatable bonds is 8. The molecule has 2 aliphatic rings. The molecule has 0 spiro atoms. The molecule has 13 nitrogen and oxygen atoms in total. The van der Waals surface area contributed by atoms with Crippen molar-refractivity contribution in [1.82, 2.24) is 10.1 Å². The second-order valence-corrected chi connectivity index (χ2v) is 12.6. The fourth-order valence-electron chi connectivity index (χ4n) is 4.52. The average Bonchev–Trinajstić information content (AvgIpc) is 3.53. The molecular formula is C23H25N4O9PS. The smallest absolute Gasteiger partial charge is 0.442 e. The fraction of sp³-hybridized carbons (Fsp3) is 0.348. The van der Waals surface area contributed by atoms with Crippen LogP contribution in [-0.2, 0) is 29.3 Å². The zero-order valence-corrected chi connectivity index (χ0v) is 21.7. The largest absolute Gasteiger partial charge is 0.470 e. The Bertz CT molecular complexity index is 1430. The minimum atomic E-state index is -4.91. The first-order valence-corrected chi connectivity index (χ1v) is 15.0. The predicted molar refractivity (Wildman–Crippen MR) is 135 cm³/mol. The van der Waals surface area contributed by atoms with Gasteiger partial charge in [0.05, 0.1) is 30.3 Å². The number of nitrogens with one attached hydrogen (secondary N) is 1. The SMILES string of the molecule is O=C1O[C@@H](CNc2ccon2)CN1c1ccc(-c2ccc(C3(OP(=O)(O)O)CCS(=O)(=O)CC3)nc2)cc1. The molecule has 15 heteroatoms. The number of ether oxygens (including phenoxy) is 1. The number of hydrogen-bond donors (Lipinski definition) is 3. The van der Waals surface area contributed by atoms with E-state index in [4.69, 9.17) is 13.8 Å². The maximum absolute atomic E-state index is 12.4. The summed E-state index contributed by atoms with van der Waals surface area (Å²) in [5.41, 5.74) is 0.919. The van der Waals surface area contributed by atoms with Crippen LogP contribution in [0.3, 0.4) is 0 Å². The zero-order chi connectivity index (χ0) is 27.0. The summed E-state index contributed by atoms with van der Waals surface area (Å²) in [7, 11) is -8.22. The number of sulfone groups is 1. The number of carbonyl (C=O) groups is 1. The summed E-state index contributed by atoms with van der Waals surface area (Å²) in [4.78, 5) is 37.2. The van der Waals surface area contributed by atoms with Crippen LogP contribution in [0, 0.1) is 0 Å². The Morgan fingerprint density at radius 1 is 1.11 bits per heavy atom. The van der Waals surface area contributed by atoms with Gasteiger partial charge in [-0.15, -0.1) is 0 Å². The van der Waals surface area contributed by atoms with Gasteiger partial charge in [-0.05, 0) is 36.6 Å². The average molecular weight is 565 g/mol. The van der Waals surface area contributed by atoms with Gasteiger partial charge in [-0.3, -0.25) is 14.4 Å². The minimum Gasteiger partial charge on any atom is -0.442 e. The molecule has 2 aromatic heterocycles. The molecule has 0 saturated carbocycles. The summed E-state index contributed by atoms with van der Waals surface area (Å²) >= 11 is 0. The van der Waals surface area contributed by atoms with Gasteiger partial charge in [-0.25, -0.2) is 17.8 Å². The van der Waals surface area contributed by atoms with E-state index in [1.165, 1.54) is 17.4 Å². The minimum absolute atomic E-state index is 0.109. The van der Waals surface area contributed by atoms with Crippen molar-refractivity contribution in [1.29, 1.82) is 0 Å². The van der Waals surface area contributed by atoms with Crippen molar-refractivity contribution in [2.24, 2.45) is 0 Å². The van der Waals surface area contributed by atoms with E-state index in [0.717, 1.165) is 5.56 Å². The molecule has 0 bridgehead atoms. The molecule has 5 rings (SSSR count). The van der Waals surface area contributed by atoms with E-state index >= 15 is 0 Å². The summed E-state index contributed by atoms with van der Waals surface area (Å²) in [6.45, 7) is 0.737. The maximum Gasteiger partial charge on any atom is 0.470 e. The number of phosphoric acid groups is 1. The number of pyridine rings is 1. The lowest BCUT2D eigenvalue weighted by atomic mass is 9.91. The van der Waals surface area contributed by atoms with E-state index < -0.39 is 29.4 Å². The Morgan fingerprint density at radius 2 is 1.82 bits per heavy atom. The lowest BCUT2D eigenvalue weighted by Crippen LogP contribution is -2.39. The van der Waals surface area contributed by atoms with Crippen molar-refractivity contribution in [2.75, 3.05) is 34.8 Å². The zero-order valence-electron chi connectivity index (χ0n) is 20.0. The number of phosphoric ester groups is 1. The molecule has 2 fully saturated rings. The molecule has 38 heavy (non-hydrogen) atoms. The first-order chi connectivity index (χ1) is 18.0. The van der Waals surface area contributed by atoms with Crippen molar-refractivity contribution in [3.05, 3.63) is 60.6 Å². The molecule has 3 N–H and O–H groups in total. The molecule has 0 aliphatic carbocycles. The molecule has 202 valence electrons. The van der Waals surface area contributed by atoms with Crippen LogP contribution in [0.1, 0.15) is 18.5 Å². The second kappa shape index (κ2) is 10.1. The van der Waals surface area contributed by atoms with Gasteiger partial charge in [0, 0.05) is 23.5 Å². The van der Waals surface area contributed by atoms with Gasteiger partial charge in [0.1, 0.15) is 18.0 Å². The summed E-state index contributed by atoms with van der Waals surface area (Å²) < 4.78 is 50.7. The van der Waals surface area contributed by atoms with Crippen LogP contribution < -0.4 is 10.2 Å². The Kier molecular flexibility index (Phi) is 7.01. The highest BCUT2D eigenvalue weighted by atomic mass is 32.2. The van der Waals surface area contributed by atoms with Gasteiger partial charge in [0.15, 0.2) is 15.7 Å². The van der Waals surface area contributed by atoms with Crippen LogP contribution in [0.2, 0.25) is 0 Å². The van der Waals surface area contributed by atoms with Crippen molar-refractivity contribution >= 4 is 35.3 Å². The summed E-state index contributed by atoms with van der Waals surface area (Å²) in [6, 6.07) is 12.2. The first kappa shape index (κ1) is 26.3. The molecule has 4 heterocycles. The van der Waals surface area contributed by atoms with Crippen LogP contribution in [0.25, 0.3) is 11.1 Å². The number of carbonyl (C=O) groups excluding carboxylic acids is 1. The van der Waals surface area contributed by atoms with Crippen molar-refractivity contribution < 1.29 is 41.3 Å². The lowest BCUT2D eigenvalue weighted by molar-refractivity contribution is 0.0178. The number of cyclic esters (lactones) is 1. The standard InChI is InChI=1S/C23H25N4O9PS/c28-22-27(15-19(35-22)14-25-21-7-10-34-26-21)18-4-1-16(2-5-18)17-3-6-20(24-13-17)23(36-37(29,30)31)8-11-38(32,33)12-9-23/h1-7,10,13,19H,8-9,11-12,14-15H2,(H,25,26)(H2,29,30,31)/t19-/m0/s1. The molecule has 0 radical (unpaired) electrons. The fourth-order valence-corrected chi connectivity index (χ4v) is 6.74. The maximum atomic E-state index is 12.4. The number of amides is 1. The third-order valence-electron chi connectivity index (χ3n) is 6.49. The Morgan fingerprint density at radius 3 is 2.42 bits per heavy atom. The number of nitrogens with zero attached hydrogens (tertiary/aromatic N) is 3. The van der Waals surface area contributed by atoms with E-state index in [1.807, 2.05) is 12.1 Å². The van der Waals surface area contributed by atoms with Crippen LogP contribution in [0.15, 0.2) is 59.4 Å². The molecule has 1 atom stereocenters. The van der Waals surface area contributed by atoms with Crippen LogP contribution in [-0.4, -0.2) is 65.1 Å². The normalized spacial score (nSPS) is 20.7. The molecule has 1 amide bonds. The third-order valence-corrected chi connectivity index (χ3v) is 8.73. The van der Waals surface area contributed by atoms with Crippen LogP contribution in [0.5, 0.6) is 0 Å². The second-order valence-electron chi connectivity index (χ2n) is 9.09. The molecule has 3 aromatic rings. The highest BCUT2D eigenvalue weighted by Crippen LogP contribution is 2.50. The van der Waals surface area contributed by atoms with E-state index in [9.17, 15) is 27.6 Å². The summed E-state index contributed by atoms with van der Waals surface area (Å²) in [5, 5.41) is 6.80. The van der Waals surface area contributed by atoms with Crippen LogP contribution in [0.4, 0.5) is 16.3 Å². The molecule has 2 aliphatic heterocycles. The molecule has 2 saturated heterocycles. The highest BCUT2D eigenvalue weighted by Gasteiger charge is 2.45. The quantitative estimate of drug-likeness (QED) is 0.341. The van der Waals surface area contributed by atoms with E-state index in [1.54, 1.807) is 30.3 Å². The number of hydrogen-bond acceptors (Lipinski definition) is 10. The number of anilines is 2. The van der Waals surface area contributed by atoms with E-state index in [0.29, 0.717) is 30.2 Å². The van der Waals surface area contributed by atoms with E-state index in [-0.39, 0.29) is 36.1 Å². The van der Waals surface area contributed by atoms with Crippen molar-refractivity contribution in [3.8, 4) is 11.1 Å². The Labute approximate surface area is 217 Å². The molecule has 1 aromatic carbocycles.